The van der Waals surface area contributed by atoms with Crippen LogP contribution in [0.4, 0.5) is 18.9 Å². The third-order valence-corrected chi connectivity index (χ3v) is 4.71. The maximum absolute atomic E-state index is 12.9. The Morgan fingerprint density at radius 1 is 1.25 bits per heavy atom. The summed E-state index contributed by atoms with van der Waals surface area (Å²) in [5, 5.41) is 4.42. The van der Waals surface area contributed by atoms with Crippen LogP contribution in [0.5, 0.6) is 0 Å². The van der Waals surface area contributed by atoms with Gasteiger partial charge in [-0.15, -0.1) is 23.7 Å². The second kappa shape index (κ2) is 7.55. The minimum atomic E-state index is -4.49. The van der Waals surface area contributed by atoms with E-state index in [0.29, 0.717) is 5.56 Å². The van der Waals surface area contributed by atoms with E-state index in [9.17, 15) is 18.0 Å². The molecule has 0 saturated carbocycles. The number of nitrogens with two attached hydrogens (primary N) is 1. The first-order valence-electron chi connectivity index (χ1n) is 6.91. The lowest BCUT2D eigenvalue weighted by molar-refractivity contribution is -0.137. The molecule has 1 amide bonds. The summed E-state index contributed by atoms with van der Waals surface area (Å²) < 4.78 is 38.8. The summed E-state index contributed by atoms with van der Waals surface area (Å²) in [4.78, 5) is 13.3. The molecule has 0 fully saturated rings. The van der Waals surface area contributed by atoms with Gasteiger partial charge in [-0.25, -0.2) is 0 Å². The molecule has 2 aromatic rings. The fourth-order valence-electron chi connectivity index (χ4n) is 2.08. The van der Waals surface area contributed by atoms with E-state index in [1.165, 1.54) is 17.4 Å². The maximum Gasteiger partial charge on any atom is 0.416 e. The topological polar surface area (TPSA) is 55.1 Å². The van der Waals surface area contributed by atoms with Gasteiger partial charge in [-0.2, -0.15) is 13.2 Å². The minimum Gasteiger partial charge on any atom is -0.326 e. The number of amides is 1. The first-order chi connectivity index (χ1) is 10.6. The number of rotatable bonds is 4. The first-order valence-corrected chi connectivity index (χ1v) is 7.79. The molecule has 2 rings (SSSR count). The van der Waals surface area contributed by atoms with Gasteiger partial charge in [0.25, 0.3) is 0 Å². The summed E-state index contributed by atoms with van der Waals surface area (Å²) in [5.41, 5.74) is 4.18. The maximum atomic E-state index is 12.9. The highest BCUT2D eigenvalue weighted by Gasteiger charge is 2.33. The lowest BCUT2D eigenvalue weighted by Crippen LogP contribution is -2.34. The summed E-state index contributed by atoms with van der Waals surface area (Å²) >= 11 is 1.42. The summed E-state index contributed by atoms with van der Waals surface area (Å²) in [6.45, 7) is 3.42. The average molecular weight is 379 g/mol. The van der Waals surface area contributed by atoms with Crippen LogP contribution >= 0.6 is 23.7 Å². The van der Waals surface area contributed by atoms with E-state index < -0.39 is 17.2 Å². The zero-order valence-corrected chi connectivity index (χ0v) is 14.7. The molecule has 0 aliphatic rings. The van der Waals surface area contributed by atoms with Crippen molar-refractivity contribution < 1.29 is 18.0 Å². The molecule has 8 heteroatoms. The Morgan fingerprint density at radius 3 is 2.42 bits per heavy atom. The number of halogens is 4. The SMILES string of the molecule is CC(C)(C(=O)Nc1cc(CN)cc(C(F)(F)F)c1)c1cccs1.Cl. The number of thiophene rings is 1. The van der Waals surface area contributed by atoms with Crippen LogP contribution in [0.1, 0.15) is 29.9 Å². The number of nitrogens with one attached hydrogen (secondary N) is 1. The number of benzene rings is 1. The van der Waals surface area contributed by atoms with Crippen LogP contribution in [0.15, 0.2) is 35.7 Å². The largest absolute Gasteiger partial charge is 0.416 e. The van der Waals surface area contributed by atoms with Crippen molar-refractivity contribution in [3.05, 3.63) is 51.7 Å². The quantitative estimate of drug-likeness (QED) is 0.819. The first kappa shape index (κ1) is 20.5. The molecule has 0 unspecified atom stereocenters. The molecular weight excluding hydrogens is 361 g/mol. The molecule has 0 radical (unpaired) electrons. The van der Waals surface area contributed by atoms with Gasteiger partial charge in [0.15, 0.2) is 0 Å². The lowest BCUT2D eigenvalue weighted by atomic mass is 9.90. The van der Waals surface area contributed by atoms with Crippen LogP contribution in [-0.4, -0.2) is 5.91 Å². The molecule has 132 valence electrons. The van der Waals surface area contributed by atoms with E-state index in [2.05, 4.69) is 5.32 Å². The van der Waals surface area contributed by atoms with Gasteiger partial charge in [0.2, 0.25) is 5.91 Å². The van der Waals surface area contributed by atoms with Gasteiger partial charge in [0, 0.05) is 17.1 Å². The zero-order chi connectivity index (χ0) is 17.3. The molecule has 0 spiro atoms. The molecule has 1 aromatic heterocycles. The molecule has 1 heterocycles. The van der Waals surface area contributed by atoms with E-state index in [0.717, 1.165) is 17.0 Å². The Morgan fingerprint density at radius 2 is 1.92 bits per heavy atom. The van der Waals surface area contributed by atoms with Crippen LogP contribution in [0.2, 0.25) is 0 Å². The standard InChI is InChI=1S/C16H17F3N2OS.ClH/c1-15(2,13-4-3-5-23-13)14(22)21-12-7-10(9-20)6-11(8-12)16(17,18)19;/h3-8H,9,20H2,1-2H3,(H,21,22);1H. The molecule has 0 bridgehead atoms. The highest BCUT2D eigenvalue weighted by molar-refractivity contribution is 7.10. The Labute approximate surface area is 148 Å². The molecule has 24 heavy (non-hydrogen) atoms. The van der Waals surface area contributed by atoms with Crippen LogP contribution in [0.25, 0.3) is 0 Å². The van der Waals surface area contributed by atoms with Crippen LogP contribution in [0.3, 0.4) is 0 Å². The van der Waals surface area contributed by atoms with Crippen LogP contribution in [-0.2, 0) is 22.9 Å². The number of carbonyl (C=O) groups is 1. The number of alkyl halides is 3. The van der Waals surface area contributed by atoms with Gasteiger partial charge in [0.05, 0.1) is 11.0 Å². The third kappa shape index (κ3) is 4.49. The van der Waals surface area contributed by atoms with Crippen molar-refractivity contribution >= 4 is 35.3 Å². The van der Waals surface area contributed by atoms with E-state index >= 15 is 0 Å². The highest BCUT2D eigenvalue weighted by atomic mass is 35.5. The smallest absolute Gasteiger partial charge is 0.326 e. The molecule has 3 N–H and O–H groups in total. The van der Waals surface area contributed by atoms with Gasteiger partial charge >= 0.3 is 6.18 Å². The Bertz CT molecular complexity index is 700. The van der Waals surface area contributed by atoms with E-state index in [1.807, 2.05) is 17.5 Å². The van der Waals surface area contributed by atoms with Crippen molar-refractivity contribution in [2.45, 2.75) is 32.0 Å². The third-order valence-electron chi connectivity index (χ3n) is 3.52. The summed E-state index contributed by atoms with van der Waals surface area (Å²) in [5.74, 6) is -0.373. The fraction of sp³-hybridized carbons (Fsp3) is 0.312. The van der Waals surface area contributed by atoms with Crippen molar-refractivity contribution in [1.82, 2.24) is 0 Å². The fourth-order valence-corrected chi connectivity index (χ4v) is 2.93. The molecule has 0 aliphatic carbocycles. The second-order valence-electron chi connectivity index (χ2n) is 5.68. The molecule has 0 atom stereocenters. The average Bonchev–Trinajstić information content (AvgIpc) is 3.00. The molecule has 1 aromatic carbocycles. The zero-order valence-electron chi connectivity index (χ0n) is 13.1. The monoisotopic (exact) mass is 378 g/mol. The number of anilines is 1. The van der Waals surface area contributed by atoms with E-state index in [-0.39, 0.29) is 30.5 Å². The molecule has 0 aliphatic heterocycles. The highest BCUT2D eigenvalue weighted by Crippen LogP contribution is 2.33. The minimum absolute atomic E-state index is 0. The molecule has 3 nitrogen and oxygen atoms in total. The van der Waals surface area contributed by atoms with Gasteiger partial charge in [-0.05, 0) is 49.1 Å². The summed E-state index contributed by atoms with van der Waals surface area (Å²) in [6.07, 6.45) is -4.49. The van der Waals surface area contributed by atoms with Crippen molar-refractivity contribution in [2.75, 3.05) is 5.32 Å². The second-order valence-corrected chi connectivity index (χ2v) is 6.62. The Balaban J connectivity index is 0.00000288. The Kier molecular flexibility index (Phi) is 6.44. The van der Waals surface area contributed by atoms with Crippen LogP contribution < -0.4 is 11.1 Å². The van der Waals surface area contributed by atoms with Gasteiger partial charge in [-0.1, -0.05) is 6.07 Å². The van der Waals surface area contributed by atoms with Gasteiger partial charge in [0.1, 0.15) is 0 Å². The van der Waals surface area contributed by atoms with Crippen molar-refractivity contribution in [2.24, 2.45) is 5.73 Å². The normalized spacial score (nSPS) is 11.8. The lowest BCUT2D eigenvalue weighted by Gasteiger charge is -2.23. The van der Waals surface area contributed by atoms with Gasteiger partial charge < -0.3 is 11.1 Å². The number of carbonyl (C=O) groups excluding carboxylic acids is 1. The number of hydrogen-bond acceptors (Lipinski definition) is 3. The van der Waals surface area contributed by atoms with Crippen LogP contribution in [0, 0.1) is 0 Å². The predicted molar refractivity (Wildman–Crippen MR) is 92.6 cm³/mol. The Hall–Kier alpha value is -1.57. The van der Waals surface area contributed by atoms with E-state index in [1.54, 1.807) is 13.8 Å². The van der Waals surface area contributed by atoms with Crippen molar-refractivity contribution in [3.8, 4) is 0 Å². The molecular formula is C16H18ClF3N2OS. The molecule has 0 saturated heterocycles. The van der Waals surface area contributed by atoms with Crippen molar-refractivity contribution in [3.63, 3.8) is 0 Å². The van der Waals surface area contributed by atoms with Crippen molar-refractivity contribution in [1.29, 1.82) is 0 Å². The predicted octanol–water partition coefficient (Wildman–Crippen LogP) is 4.56. The van der Waals surface area contributed by atoms with Gasteiger partial charge in [-0.3, -0.25) is 4.79 Å². The number of hydrogen-bond donors (Lipinski definition) is 2. The summed E-state index contributed by atoms with van der Waals surface area (Å²) in [6, 6.07) is 7.01. The summed E-state index contributed by atoms with van der Waals surface area (Å²) in [7, 11) is 0. The van der Waals surface area contributed by atoms with E-state index in [4.69, 9.17) is 5.73 Å².